The number of aromatic nitrogens is 3. The second kappa shape index (κ2) is 6.50. The van der Waals surface area contributed by atoms with Crippen LogP contribution in [0.3, 0.4) is 0 Å². The highest BCUT2D eigenvalue weighted by Gasteiger charge is 2.35. The average molecular weight is 314 g/mol. The van der Waals surface area contributed by atoms with Crippen LogP contribution in [0.4, 0.5) is 0 Å². The van der Waals surface area contributed by atoms with Gasteiger partial charge in [-0.05, 0) is 25.0 Å². The molecule has 2 aromatic heterocycles. The lowest BCUT2D eigenvalue weighted by molar-refractivity contribution is 0.00187. The van der Waals surface area contributed by atoms with Crippen LogP contribution in [0.1, 0.15) is 43.1 Å². The number of carbonyl (C=O) groups is 1. The van der Waals surface area contributed by atoms with Gasteiger partial charge in [-0.2, -0.15) is 0 Å². The molecular weight excluding hydrogens is 292 g/mol. The molecule has 0 bridgehead atoms. The fourth-order valence-electron chi connectivity index (χ4n) is 3.05. The lowest BCUT2D eigenvalue weighted by Gasteiger charge is -2.38. The number of nitrogens with zero attached hydrogens (tertiary/aromatic N) is 3. The number of aliphatic hydroxyl groups is 1. The molecule has 0 radical (unpaired) electrons. The Labute approximate surface area is 135 Å². The van der Waals surface area contributed by atoms with Gasteiger partial charge in [0.25, 0.3) is 5.91 Å². The fourth-order valence-corrected chi connectivity index (χ4v) is 3.05. The molecule has 1 aliphatic rings. The smallest absolute Gasteiger partial charge is 0.269 e. The molecule has 1 fully saturated rings. The Kier molecular flexibility index (Phi) is 4.43. The van der Waals surface area contributed by atoms with E-state index in [1.807, 2.05) is 13.0 Å². The second-order valence-electron chi connectivity index (χ2n) is 6.45. The molecule has 0 aromatic carbocycles. The number of amides is 1. The number of hydrogen-bond donors (Lipinski definition) is 2. The number of nitrogens with one attached hydrogen (secondary N) is 1. The van der Waals surface area contributed by atoms with Crippen molar-refractivity contribution in [3.8, 4) is 5.82 Å². The SMILES string of the molecule is CC1(CNC(=O)c2cccc(-n3ccnc3)n2)CCCCC1O. The molecule has 0 spiro atoms. The molecule has 1 aliphatic carbocycles. The minimum Gasteiger partial charge on any atom is -0.392 e. The van der Waals surface area contributed by atoms with Crippen molar-refractivity contribution >= 4 is 5.91 Å². The molecule has 1 saturated carbocycles. The van der Waals surface area contributed by atoms with Gasteiger partial charge in [0.15, 0.2) is 0 Å². The largest absolute Gasteiger partial charge is 0.392 e. The molecular formula is C17H22N4O2. The molecule has 0 saturated heterocycles. The molecule has 2 heterocycles. The van der Waals surface area contributed by atoms with E-state index in [2.05, 4.69) is 15.3 Å². The summed E-state index contributed by atoms with van der Waals surface area (Å²) >= 11 is 0. The van der Waals surface area contributed by atoms with Gasteiger partial charge in [-0.1, -0.05) is 25.8 Å². The molecule has 23 heavy (non-hydrogen) atoms. The summed E-state index contributed by atoms with van der Waals surface area (Å²) in [6, 6.07) is 5.31. The molecule has 2 atom stereocenters. The number of imidazole rings is 1. The van der Waals surface area contributed by atoms with Gasteiger partial charge in [0.2, 0.25) is 0 Å². The molecule has 2 aromatic rings. The summed E-state index contributed by atoms with van der Waals surface area (Å²) in [4.78, 5) is 20.7. The predicted octanol–water partition coefficient (Wildman–Crippen LogP) is 1.94. The van der Waals surface area contributed by atoms with Crippen molar-refractivity contribution in [3.05, 3.63) is 42.6 Å². The van der Waals surface area contributed by atoms with Crippen LogP contribution in [-0.2, 0) is 0 Å². The van der Waals surface area contributed by atoms with Gasteiger partial charge in [0.05, 0.1) is 6.10 Å². The molecule has 1 amide bonds. The summed E-state index contributed by atoms with van der Waals surface area (Å²) in [6.45, 7) is 2.50. The third kappa shape index (κ3) is 3.42. The van der Waals surface area contributed by atoms with Gasteiger partial charge >= 0.3 is 0 Å². The Morgan fingerprint density at radius 1 is 1.48 bits per heavy atom. The molecule has 3 rings (SSSR count). The summed E-state index contributed by atoms with van der Waals surface area (Å²) < 4.78 is 1.75. The number of rotatable bonds is 4. The number of carbonyl (C=O) groups excluding carboxylic acids is 1. The second-order valence-corrected chi connectivity index (χ2v) is 6.45. The zero-order chi connectivity index (χ0) is 16.3. The van der Waals surface area contributed by atoms with Gasteiger partial charge < -0.3 is 10.4 Å². The van der Waals surface area contributed by atoms with Crippen molar-refractivity contribution in [1.82, 2.24) is 19.9 Å². The third-order valence-electron chi connectivity index (χ3n) is 4.67. The molecule has 2 unspecified atom stereocenters. The summed E-state index contributed by atoms with van der Waals surface area (Å²) in [5, 5.41) is 13.1. The first-order valence-corrected chi connectivity index (χ1v) is 8.00. The van der Waals surface area contributed by atoms with E-state index in [0.29, 0.717) is 18.1 Å². The minimum absolute atomic E-state index is 0.217. The maximum absolute atomic E-state index is 12.4. The van der Waals surface area contributed by atoms with E-state index >= 15 is 0 Å². The Hall–Kier alpha value is -2.21. The Bertz CT molecular complexity index is 671. The minimum atomic E-state index is -0.359. The first-order chi connectivity index (χ1) is 11.1. The van der Waals surface area contributed by atoms with Gasteiger partial charge in [0, 0.05) is 24.4 Å². The van der Waals surface area contributed by atoms with Crippen LogP contribution in [-0.4, -0.2) is 38.2 Å². The summed E-state index contributed by atoms with van der Waals surface area (Å²) in [7, 11) is 0. The highest BCUT2D eigenvalue weighted by atomic mass is 16.3. The highest BCUT2D eigenvalue weighted by molar-refractivity contribution is 5.92. The van der Waals surface area contributed by atoms with E-state index in [1.54, 1.807) is 35.4 Å². The van der Waals surface area contributed by atoms with Gasteiger partial charge in [-0.15, -0.1) is 0 Å². The van der Waals surface area contributed by atoms with Crippen molar-refractivity contribution < 1.29 is 9.90 Å². The molecule has 122 valence electrons. The van der Waals surface area contributed by atoms with Gasteiger partial charge in [-0.3, -0.25) is 9.36 Å². The van der Waals surface area contributed by atoms with Crippen molar-refractivity contribution in [2.75, 3.05) is 6.54 Å². The summed E-state index contributed by atoms with van der Waals surface area (Å²) in [5.74, 6) is 0.435. The predicted molar refractivity (Wildman–Crippen MR) is 86.3 cm³/mol. The molecule has 2 N–H and O–H groups in total. The number of aliphatic hydroxyl groups excluding tert-OH is 1. The van der Waals surface area contributed by atoms with Crippen LogP contribution in [0.25, 0.3) is 5.82 Å². The highest BCUT2D eigenvalue weighted by Crippen LogP contribution is 2.35. The van der Waals surface area contributed by atoms with Crippen LogP contribution in [0.2, 0.25) is 0 Å². The summed E-state index contributed by atoms with van der Waals surface area (Å²) in [5.41, 5.74) is 0.112. The van der Waals surface area contributed by atoms with Crippen molar-refractivity contribution in [2.45, 2.75) is 38.7 Å². The average Bonchev–Trinajstić information content (AvgIpc) is 3.10. The molecule has 6 nitrogen and oxygen atoms in total. The Morgan fingerprint density at radius 2 is 2.35 bits per heavy atom. The summed E-state index contributed by atoms with van der Waals surface area (Å²) in [6.07, 6.45) is 8.61. The molecule has 0 aliphatic heterocycles. The zero-order valence-electron chi connectivity index (χ0n) is 13.3. The van der Waals surface area contributed by atoms with Gasteiger partial charge in [0.1, 0.15) is 17.8 Å². The van der Waals surface area contributed by atoms with E-state index in [1.165, 1.54) is 0 Å². The van der Waals surface area contributed by atoms with Crippen LogP contribution in [0, 0.1) is 5.41 Å². The van der Waals surface area contributed by atoms with Crippen molar-refractivity contribution in [3.63, 3.8) is 0 Å². The zero-order valence-corrected chi connectivity index (χ0v) is 13.3. The van der Waals surface area contributed by atoms with Crippen LogP contribution in [0.15, 0.2) is 36.9 Å². The topological polar surface area (TPSA) is 80.0 Å². The van der Waals surface area contributed by atoms with Crippen LogP contribution >= 0.6 is 0 Å². The van der Waals surface area contributed by atoms with Crippen molar-refractivity contribution in [1.29, 1.82) is 0 Å². The Balaban J connectivity index is 1.68. The maximum atomic E-state index is 12.4. The first-order valence-electron chi connectivity index (χ1n) is 8.00. The van der Waals surface area contributed by atoms with E-state index in [9.17, 15) is 9.90 Å². The third-order valence-corrected chi connectivity index (χ3v) is 4.67. The van der Waals surface area contributed by atoms with E-state index in [-0.39, 0.29) is 17.4 Å². The number of hydrogen-bond acceptors (Lipinski definition) is 4. The first kappa shape index (κ1) is 15.7. The standard InChI is InChI=1S/C17H22N4O2/c1-17(8-3-2-6-14(17)22)11-19-16(23)13-5-4-7-15(20-13)21-10-9-18-12-21/h4-5,7,9-10,12,14,22H,2-3,6,8,11H2,1H3,(H,19,23). The normalized spacial score (nSPS) is 24.3. The van der Waals surface area contributed by atoms with Gasteiger partial charge in [-0.25, -0.2) is 9.97 Å². The maximum Gasteiger partial charge on any atom is 0.269 e. The van der Waals surface area contributed by atoms with E-state index in [0.717, 1.165) is 25.7 Å². The fraction of sp³-hybridized carbons (Fsp3) is 0.471. The number of pyridine rings is 1. The lowest BCUT2D eigenvalue weighted by atomic mass is 9.73. The van der Waals surface area contributed by atoms with E-state index in [4.69, 9.17) is 0 Å². The lowest BCUT2D eigenvalue weighted by Crippen LogP contribution is -2.45. The quantitative estimate of drug-likeness (QED) is 0.904. The monoisotopic (exact) mass is 314 g/mol. The van der Waals surface area contributed by atoms with Crippen molar-refractivity contribution in [2.24, 2.45) is 5.41 Å². The van der Waals surface area contributed by atoms with Crippen LogP contribution in [0.5, 0.6) is 0 Å². The molecule has 6 heteroatoms. The van der Waals surface area contributed by atoms with Crippen LogP contribution < -0.4 is 5.32 Å². The Morgan fingerprint density at radius 3 is 3.09 bits per heavy atom. The van der Waals surface area contributed by atoms with E-state index < -0.39 is 0 Å².